The fraction of sp³-hybridized carbons (Fsp3) is 0.571. The summed E-state index contributed by atoms with van der Waals surface area (Å²) in [6, 6.07) is 13.1. The van der Waals surface area contributed by atoms with Crippen molar-refractivity contribution in [3.05, 3.63) is 59.2 Å². The Balaban J connectivity index is 1.63. The average Bonchev–Trinajstić information content (AvgIpc) is 2.85. The largest absolute Gasteiger partial charge is 0.497 e. The second kappa shape index (κ2) is 10.6. The van der Waals surface area contributed by atoms with Gasteiger partial charge in [0.1, 0.15) is 5.75 Å². The highest BCUT2D eigenvalue weighted by Crippen LogP contribution is 2.50. The number of aryl methyl sites for hydroxylation is 1. The molecule has 192 valence electrons. The smallest absolute Gasteiger partial charge is 0.243 e. The molecule has 1 fully saturated rings. The molecule has 0 amide bonds. The van der Waals surface area contributed by atoms with Crippen LogP contribution in [0.2, 0.25) is 0 Å². The third kappa shape index (κ3) is 5.43. The molecule has 2 aromatic rings. The monoisotopic (exact) mass is 501 g/mol. The van der Waals surface area contributed by atoms with Crippen molar-refractivity contribution in [1.82, 2.24) is 4.31 Å². The SMILES string of the molecule is COc1ccc2c(c1)C(CCOC1CCCCO1)C(C)(C)C(N(C)S(=O)(=O)c1ccc(C)cc1)C2. The van der Waals surface area contributed by atoms with E-state index in [0.29, 0.717) is 17.9 Å². The van der Waals surface area contributed by atoms with Gasteiger partial charge in [-0.1, -0.05) is 37.6 Å². The minimum absolute atomic E-state index is 0.102. The minimum Gasteiger partial charge on any atom is -0.497 e. The second-order valence-corrected chi connectivity index (χ2v) is 12.4. The predicted octanol–water partition coefficient (Wildman–Crippen LogP) is 5.29. The first-order chi connectivity index (χ1) is 16.6. The molecule has 2 aliphatic rings. The lowest BCUT2D eigenvalue weighted by Gasteiger charge is -2.49. The van der Waals surface area contributed by atoms with E-state index in [1.807, 2.05) is 25.1 Å². The van der Waals surface area contributed by atoms with Crippen molar-refractivity contribution in [2.24, 2.45) is 5.41 Å². The summed E-state index contributed by atoms with van der Waals surface area (Å²) < 4.78 is 46.3. The highest BCUT2D eigenvalue weighted by molar-refractivity contribution is 7.89. The van der Waals surface area contributed by atoms with Gasteiger partial charge >= 0.3 is 0 Å². The maximum Gasteiger partial charge on any atom is 0.243 e. The molecule has 1 heterocycles. The van der Waals surface area contributed by atoms with E-state index in [-0.39, 0.29) is 23.7 Å². The van der Waals surface area contributed by atoms with Gasteiger partial charge in [0, 0.05) is 19.7 Å². The lowest BCUT2D eigenvalue weighted by molar-refractivity contribution is -0.164. The van der Waals surface area contributed by atoms with Crippen molar-refractivity contribution in [2.75, 3.05) is 27.4 Å². The van der Waals surface area contributed by atoms with Crippen LogP contribution < -0.4 is 4.74 Å². The molecule has 3 atom stereocenters. The van der Waals surface area contributed by atoms with Gasteiger partial charge in [0.25, 0.3) is 0 Å². The molecular weight excluding hydrogens is 462 g/mol. The first kappa shape index (κ1) is 26.1. The van der Waals surface area contributed by atoms with Crippen LogP contribution in [0.25, 0.3) is 0 Å². The molecule has 0 radical (unpaired) electrons. The summed E-state index contributed by atoms with van der Waals surface area (Å²) in [5.74, 6) is 0.922. The zero-order chi connectivity index (χ0) is 25.2. The van der Waals surface area contributed by atoms with Crippen molar-refractivity contribution in [3.8, 4) is 5.75 Å². The number of nitrogens with zero attached hydrogens (tertiary/aromatic N) is 1. The number of hydrogen-bond donors (Lipinski definition) is 0. The van der Waals surface area contributed by atoms with Crippen LogP contribution in [0.15, 0.2) is 47.4 Å². The zero-order valence-electron chi connectivity index (χ0n) is 21.6. The van der Waals surface area contributed by atoms with Crippen molar-refractivity contribution >= 4 is 10.0 Å². The topological polar surface area (TPSA) is 65.1 Å². The van der Waals surface area contributed by atoms with Gasteiger partial charge in [0.05, 0.1) is 18.6 Å². The molecule has 1 saturated heterocycles. The van der Waals surface area contributed by atoms with Gasteiger partial charge in [0.2, 0.25) is 10.0 Å². The van der Waals surface area contributed by atoms with E-state index < -0.39 is 10.0 Å². The average molecular weight is 502 g/mol. The van der Waals surface area contributed by atoms with Gasteiger partial charge < -0.3 is 14.2 Å². The van der Waals surface area contributed by atoms with Crippen LogP contribution in [0, 0.1) is 12.3 Å². The number of sulfonamides is 1. The van der Waals surface area contributed by atoms with E-state index in [1.54, 1.807) is 30.6 Å². The lowest BCUT2D eigenvalue weighted by atomic mass is 9.62. The summed E-state index contributed by atoms with van der Waals surface area (Å²) in [4.78, 5) is 0.330. The van der Waals surface area contributed by atoms with Crippen molar-refractivity contribution in [2.45, 2.75) is 76.0 Å². The maximum absolute atomic E-state index is 13.6. The Labute approximate surface area is 210 Å². The number of fused-ring (bicyclic) bond motifs is 1. The molecular formula is C28H39NO5S. The number of likely N-dealkylation sites (N-methyl/N-ethyl adjacent to an activating group) is 1. The fourth-order valence-corrected chi connectivity index (χ4v) is 7.14. The Morgan fingerprint density at radius 2 is 1.86 bits per heavy atom. The Bertz CT molecular complexity index is 1110. The van der Waals surface area contributed by atoms with Crippen molar-refractivity contribution in [1.29, 1.82) is 0 Å². The quantitative estimate of drug-likeness (QED) is 0.492. The van der Waals surface area contributed by atoms with E-state index in [1.165, 1.54) is 11.1 Å². The zero-order valence-corrected chi connectivity index (χ0v) is 22.4. The summed E-state index contributed by atoms with van der Waals surface area (Å²) in [6.45, 7) is 7.65. The van der Waals surface area contributed by atoms with Crippen molar-refractivity contribution in [3.63, 3.8) is 0 Å². The molecule has 0 spiro atoms. The van der Waals surface area contributed by atoms with Crippen LogP contribution in [-0.2, 0) is 25.9 Å². The van der Waals surface area contributed by atoms with Crippen LogP contribution in [0.1, 0.15) is 62.1 Å². The Hall–Kier alpha value is -1.93. The Morgan fingerprint density at radius 1 is 1.11 bits per heavy atom. The first-order valence-corrected chi connectivity index (χ1v) is 14.0. The van der Waals surface area contributed by atoms with Gasteiger partial charge in [-0.3, -0.25) is 0 Å². The normalized spacial score (nSPS) is 24.2. The van der Waals surface area contributed by atoms with Crippen LogP contribution in [0.4, 0.5) is 0 Å². The minimum atomic E-state index is -3.65. The van der Waals surface area contributed by atoms with E-state index in [4.69, 9.17) is 14.2 Å². The van der Waals surface area contributed by atoms with Crippen LogP contribution in [0.3, 0.4) is 0 Å². The Kier molecular flexibility index (Phi) is 7.91. The van der Waals surface area contributed by atoms with Gasteiger partial charge in [-0.05, 0) is 85.8 Å². The number of rotatable bonds is 8. The molecule has 0 aromatic heterocycles. The number of benzene rings is 2. The third-order valence-electron chi connectivity index (χ3n) is 7.88. The fourth-order valence-electron chi connectivity index (χ4n) is 5.64. The molecule has 4 rings (SSSR count). The predicted molar refractivity (Wildman–Crippen MR) is 137 cm³/mol. The summed E-state index contributed by atoms with van der Waals surface area (Å²) >= 11 is 0. The van der Waals surface area contributed by atoms with Gasteiger partial charge in [-0.15, -0.1) is 0 Å². The third-order valence-corrected chi connectivity index (χ3v) is 9.76. The standard InChI is InChI=1S/C28H39NO5S/c1-20-9-13-23(14-10-20)35(30,31)29(4)26-18-21-11-12-22(32-5)19-24(21)25(28(26,2)3)15-17-34-27-8-6-7-16-33-27/h9-14,19,25-27H,6-8,15-18H2,1-5H3. The van der Waals surface area contributed by atoms with E-state index in [9.17, 15) is 8.42 Å². The van der Waals surface area contributed by atoms with Gasteiger partial charge in [-0.2, -0.15) is 4.31 Å². The van der Waals surface area contributed by atoms with E-state index in [0.717, 1.165) is 43.6 Å². The summed E-state index contributed by atoms with van der Waals surface area (Å²) in [7, 11) is -0.244. The molecule has 0 bridgehead atoms. The Morgan fingerprint density at radius 3 is 2.51 bits per heavy atom. The number of methoxy groups -OCH3 is 1. The first-order valence-electron chi connectivity index (χ1n) is 12.6. The summed E-state index contributed by atoms with van der Waals surface area (Å²) in [6.07, 6.45) is 4.44. The molecule has 3 unspecified atom stereocenters. The van der Waals surface area contributed by atoms with E-state index in [2.05, 4.69) is 26.0 Å². The maximum atomic E-state index is 13.6. The molecule has 0 saturated carbocycles. The van der Waals surface area contributed by atoms with Crippen molar-refractivity contribution < 1.29 is 22.6 Å². The van der Waals surface area contributed by atoms with Crippen LogP contribution >= 0.6 is 0 Å². The molecule has 7 heteroatoms. The van der Waals surface area contributed by atoms with E-state index >= 15 is 0 Å². The number of ether oxygens (including phenoxy) is 3. The summed E-state index contributed by atoms with van der Waals surface area (Å²) in [5.41, 5.74) is 3.09. The summed E-state index contributed by atoms with van der Waals surface area (Å²) in [5, 5.41) is 0. The van der Waals surface area contributed by atoms with Gasteiger partial charge in [-0.25, -0.2) is 8.42 Å². The second-order valence-electron chi connectivity index (χ2n) is 10.4. The molecule has 6 nitrogen and oxygen atoms in total. The highest BCUT2D eigenvalue weighted by atomic mass is 32.2. The molecule has 1 aliphatic heterocycles. The van der Waals surface area contributed by atoms with Crippen LogP contribution in [0.5, 0.6) is 5.75 Å². The molecule has 1 aliphatic carbocycles. The molecule has 0 N–H and O–H groups in total. The number of hydrogen-bond acceptors (Lipinski definition) is 5. The molecule has 35 heavy (non-hydrogen) atoms. The highest BCUT2D eigenvalue weighted by Gasteiger charge is 2.47. The van der Waals surface area contributed by atoms with Gasteiger partial charge in [0.15, 0.2) is 6.29 Å². The lowest BCUT2D eigenvalue weighted by Crippen LogP contribution is -2.52. The molecule has 2 aromatic carbocycles. The van der Waals surface area contributed by atoms with Crippen LogP contribution in [-0.4, -0.2) is 52.4 Å².